The molecule has 4 rings (SSSR count). The number of rotatable bonds is 7. The summed E-state index contributed by atoms with van der Waals surface area (Å²) in [6.07, 6.45) is 0.626. The molecule has 2 aromatic carbocycles. The van der Waals surface area contributed by atoms with E-state index in [1.165, 1.54) is 11.1 Å². The number of amides is 2. The number of nitrogens with one attached hydrogen (secondary N) is 1. The first-order chi connectivity index (χ1) is 14.7. The van der Waals surface area contributed by atoms with Gasteiger partial charge in [0.05, 0.1) is 5.88 Å². The molecule has 0 aromatic heterocycles. The number of nitrogens with two attached hydrogens (primary N) is 1. The monoisotopic (exact) mass is 461 g/mol. The molecule has 0 spiro atoms. The number of carbonyl (C=O) groups is 2. The molecule has 1 aliphatic carbocycles. The number of carbonyl (C=O) groups excluding carboxylic acids is 2. The molecule has 31 heavy (non-hydrogen) atoms. The number of nitrogens with zero attached hydrogens (tertiary/aromatic N) is 1. The maximum Gasteiger partial charge on any atom is 0.407 e. The van der Waals surface area contributed by atoms with Crippen molar-refractivity contribution in [2.45, 2.75) is 24.8 Å². The zero-order valence-corrected chi connectivity index (χ0v) is 18.9. The molecule has 2 amide bonds. The molecule has 2 aromatic rings. The maximum absolute atomic E-state index is 12.8. The molecule has 1 heterocycles. The van der Waals surface area contributed by atoms with Crippen molar-refractivity contribution in [3.05, 3.63) is 59.7 Å². The molecule has 0 radical (unpaired) electrons. The Balaban J connectivity index is 0.00000272. The summed E-state index contributed by atoms with van der Waals surface area (Å²) in [6.45, 7) is 1.43. The number of thioether (sulfide) groups is 1. The zero-order chi connectivity index (χ0) is 20.9. The van der Waals surface area contributed by atoms with Crippen LogP contribution in [0.1, 0.15) is 29.9 Å². The SMILES string of the molecule is Cl.NCCC[C@H](NC(=O)OCC1c2ccccc2-c2ccccc21)C(=O)N1CCSC1. The van der Waals surface area contributed by atoms with Gasteiger partial charge in [0, 0.05) is 18.2 Å². The lowest BCUT2D eigenvalue weighted by Crippen LogP contribution is -2.48. The van der Waals surface area contributed by atoms with Crippen LogP contribution in [0.4, 0.5) is 4.79 Å². The van der Waals surface area contributed by atoms with E-state index in [4.69, 9.17) is 10.5 Å². The lowest BCUT2D eigenvalue weighted by Gasteiger charge is -2.23. The number of fused-ring (bicyclic) bond motifs is 3. The minimum Gasteiger partial charge on any atom is -0.449 e. The molecule has 0 bridgehead atoms. The van der Waals surface area contributed by atoms with E-state index >= 15 is 0 Å². The van der Waals surface area contributed by atoms with Gasteiger partial charge in [-0.25, -0.2) is 4.79 Å². The van der Waals surface area contributed by atoms with E-state index in [0.29, 0.717) is 25.3 Å². The van der Waals surface area contributed by atoms with E-state index in [9.17, 15) is 9.59 Å². The molecular formula is C23H28ClN3O3S. The molecule has 1 aliphatic heterocycles. The summed E-state index contributed by atoms with van der Waals surface area (Å²) in [4.78, 5) is 27.1. The van der Waals surface area contributed by atoms with E-state index in [2.05, 4.69) is 29.6 Å². The van der Waals surface area contributed by atoms with Crippen LogP contribution in [0, 0.1) is 0 Å². The Hall–Kier alpha value is -2.22. The van der Waals surface area contributed by atoms with Gasteiger partial charge in [-0.05, 0) is 41.6 Å². The van der Waals surface area contributed by atoms with E-state index < -0.39 is 12.1 Å². The van der Waals surface area contributed by atoms with Crippen LogP contribution < -0.4 is 11.1 Å². The standard InChI is InChI=1S/C23H27N3O3S.ClH/c24-11-5-10-21(22(27)26-12-13-30-15-26)25-23(28)29-14-20-18-8-3-1-6-16(18)17-7-2-4-9-19(17)20;/h1-4,6-9,20-21H,5,10-15,24H2,(H,25,28);1H/t21-;/m0./s1. The number of hydrogen-bond acceptors (Lipinski definition) is 5. The minimum atomic E-state index is -0.595. The summed E-state index contributed by atoms with van der Waals surface area (Å²) < 4.78 is 5.61. The molecule has 0 saturated carbocycles. The van der Waals surface area contributed by atoms with Crippen LogP contribution in [0.15, 0.2) is 48.5 Å². The highest BCUT2D eigenvalue weighted by molar-refractivity contribution is 7.99. The number of alkyl carbamates (subject to hydrolysis) is 1. The van der Waals surface area contributed by atoms with Gasteiger partial charge in [0.1, 0.15) is 12.6 Å². The summed E-state index contributed by atoms with van der Waals surface area (Å²) in [6, 6.07) is 15.8. The van der Waals surface area contributed by atoms with Crippen molar-refractivity contribution < 1.29 is 14.3 Å². The quantitative estimate of drug-likeness (QED) is 0.658. The lowest BCUT2D eigenvalue weighted by molar-refractivity contribution is -0.132. The molecule has 2 aliphatic rings. The van der Waals surface area contributed by atoms with E-state index in [0.717, 1.165) is 23.4 Å². The summed E-state index contributed by atoms with van der Waals surface area (Å²) >= 11 is 1.72. The summed E-state index contributed by atoms with van der Waals surface area (Å²) in [5.41, 5.74) is 10.3. The van der Waals surface area contributed by atoms with Crippen molar-refractivity contribution in [3.8, 4) is 11.1 Å². The Labute approximate surface area is 193 Å². The Morgan fingerprint density at radius 1 is 1.13 bits per heavy atom. The smallest absolute Gasteiger partial charge is 0.407 e. The Kier molecular flexibility index (Phi) is 8.23. The molecule has 1 fully saturated rings. The minimum absolute atomic E-state index is 0. The third kappa shape index (κ3) is 5.17. The molecule has 1 saturated heterocycles. The molecule has 0 unspecified atom stereocenters. The average Bonchev–Trinajstić information content (AvgIpc) is 3.41. The zero-order valence-electron chi connectivity index (χ0n) is 17.3. The normalized spacial score (nSPS) is 15.6. The van der Waals surface area contributed by atoms with Crippen molar-refractivity contribution >= 4 is 36.2 Å². The molecule has 8 heteroatoms. The Morgan fingerprint density at radius 3 is 2.35 bits per heavy atom. The van der Waals surface area contributed by atoms with Crippen molar-refractivity contribution in [1.29, 1.82) is 0 Å². The maximum atomic E-state index is 12.8. The van der Waals surface area contributed by atoms with Crippen LogP contribution in [-0.4, -0.2) is 54.3 Å². The highest BCUT2D eigenvalue weighted by Crippen LogP contribution is 2.44. The predicted octanol–water partition coefficient (Wildman–Crippen LogP) is 3.59. The highest BCUT2D eigenvalue weighted by Gasteiger charge is 2.31. The van der Waals surface area contributed by atoms with E-state index in [1.54, 1.807) is 16.7 Å². The first-order valence-corrected chi connectivity index (χ1v) is 11.5. The molecular weight excluding hydrogens is 434 g/mol. The van der Waals surface area contributed by atoms with Crippen molar-refractivity contribution in [2.24, 2.45) is 5.73 Å². The largest absolute Gasteiger partial charge is 0.449 e. The average molecular weight is 462 g/mol. The Bertz CT molecular complexity index is 875. The second kappa shape index (κ2) is 10.9. The first-order valence-electron chi connectivity index (χ1n) is 10.4. The van der Waals surface area contributed by atoms with Gasteiger partial charge in [-0.1, -0.05) is 48.5 Å². The van der Waals surface area contributed by atoms with Crippen LogP contribution in [-0.2, 0) is 9.53 Å². The molecule has 6 nitrogen and oxygen atoms in total. The third-order valence-corrected chi connectivity index (χ3v) is 6.66. The van der Waals surface area contributed by atoms with Crippen LogP contribution in [0.2, 0.25) is 0 Å². The van der Waals surface area contributed by atoms with Crippen molar-refractivity contribution in [1.82, 2.24) is 10.2 Å². The number of benzene rings is 2. The molecule has 1 atom stereocenters. The molecule has 166 valence electrons. The van der Waals surface area contributed by atoms with E-state index in [-0.39, 0.29) is 30.8 Å². The highest BCUT2D eigenvalue weighted by atomic mass is 35.5. The molecule has 3 N–H and O–H groups in total. The Morgan fingerprint density at radius 2 is 1.77 bits per heavy atom. The van der Waals surface area contributed by atoms with Gasteiger partial charge in [0.25, 0.3) is 0 Å². The number of hydrogen-bond donors (Lipinski definition) is 2. The van der Waals surface area contributed by atoms with Gasteiger partial charge in [0.2, 0.25) is 5.91 Å². The van der Waals surface area contributed by atoms with Gasteiger partial charge in [-0.2, -0.15) is 0 Å². The van der Waals surface area contributed by atoms with Crippen molar-refractivity contribution in [2.75, 3.05) is 31.3 Å². The van der Waals surface area contributed by atoms with Gasteiger partial charge in [-0.15, -0.1) is 24.2 Å². The van der Waals surface area contributed by atoms with Gasteiger partial charge >= 0.3 is 6.09 Å². The number of ether oxygens (including phenoxy) is 1. The summed E-state index contributed by atoms with van der Waals surface area (Å²) in [7, 11) is 0. The van der Waals surface area contributed by atoms with Gasteiger partial charge < -0.3 is 20.7 Å². The predicted molar refractivity (Wildman–Crippen MR) is 127 cm³/mol. The second-order valence-electron chi connectivity index (χ2n) is 7.59. The van der Waals surface area contributed by atoms with Crippen LogP contribution >= 0.6 is 24.2 Å². The topological polar surface area (TPSA) is 84.7 Å². The van der Waals surface area contributed by atoms with Gasteiger partial charge in [0.15, 0.2) is 0 Å². The summed E-state index contributed by atoms with van der Waals surface area (Å²) in [5, 5.41) is 2.78. The van der Waals surface area contributed by atoms with Gasteiger partial charge in [-0.3, -0.25) is 4.79 Å². The summed E-state index contributed by atoms with van der Waals surface area (Å²) in [5.74, 6) is 1.54. The van der Waals surface area contributed by atoms with E-state index in [1.807, 2.05) is 24.3 Å². The third-order valence-electron chi connectivity index (χ3n) is 5.70. The van der Waals surface area contributed by atoms with Crippen LogP contribution in [0.5, 0.6) is 0 Å². The number of halogens is 1. The second-order valence-corrected chi connectivity index (χ2v) is 8.67. The lowest BCUT2D eigenvalue weighted by atomic mass is 9.98. The fourth-order valence-corrected chi connectivity index (χ4v) is 5.13. The fraction of sp³-hybridized carbons (Fsp3) is 0.391. The first kappa shape index (κ1) is 23.4. The van der Waals surface area contributed by atoms with Crippen LogP contribution in [0.3, 0.4) is 0 Å². The fourth-order valence-electron chi connectivity index (χ4n) is 4.17. The van der Waals surface area contributed by atoms with Crippen LogP contribution in [0.25, 0.3) is 11.1 Å². The van der Waals surface area contributed by atoms with Crippen molar-refractivity contribution in [3.63, 3.8) is 0 Å².